The molecule has 7 nitrogen and oxygen atoms in total. The van der Waals surface area contributed by atoms with E-state index in [1.807, 2.05) is 0 Å². The summed E-state index contributed by atoms with van der Waals surface area (Å²) < 4.78 is 46.5. The minimum absolute atomic E-state index is 0.0641. The number of ether oxygens (including phenoxy) is 1. The number of carboxylic acids is 1. The molecule has 0 atom stereocenters. The van der Waals surface area contributed by atoms with Gasteiger partial charge in [-0.3, -0.25) is 4.72 Å². The Labute approximate surface area is 155 Å². The molecule has 2 aromatic rings. The topological polar surface area (TPSA) is 110 Å². The Hall–Kier alpha value is -2.94. The number of carboxylic acid groups (broad SMARTS) is 1. The summed E-state index contributed by atoms with van der Waals surface area (Å²) in [5.74, 6) is -3.29. The molecule has 0 aliphatic heterocycles. The van der Waals surface area contributed by atoms with Gasteiger partial charge in [0.2, 0.25) is 0 Å². The van der Waals surface area contributed by atoms with Crippen LogP contribution in [0.25, 0.3) is 0 Å². The maximum absolute atomic E-state index is 14.0. The summed E-state index contributed by atoms with van der Waals surface area (Å²) in [6.45, 7) is 4.97. The van der Waals surface area contributed by atoms with Crippen LogP contribution in [0.4, 0.5) is 10.1 Å². The van der Waals surface area contributed by atoms with E-state index in [0.29, 0.717) is 6.07 Å². The molecule has 9 heteroatoms. The predicted molar refractivity (Wildman–Crippen MR) is 95.8 cm³/mol. The fourth-order valence-electron chi connectivity index (χ4n) is 2.13. The average Bonchev–Trinajstić information content (AvgIpc) is 2.53. The number of halogens is 1. The Morgan fingerprint density at radius 3 is 2.33 bits per heavy atom. The summed E-state index contributed by atoms with van der Waals surface area (Å²) in [5.41, 5.74) is -1.37. The van der Waals surface area contributed by atoms with Gasteiger partial charge in [0.25, 0.3) is 10.0 Å². The minimum atomic E-state index is -4.50. The number of benzene rings is 2. The summed E-state index contributed by atoms with van der Waals surface area (Å²) in [6.07, 6.45) is 0. The Morgan fingerprint density at radius 1 is 1.11 bits per heavy atom. The first-order valence-electron chi connectivity index (χ1n) is 7.79. The van der Waals surface area contributed by atoms with Gasteiger partial charge in [-0.1, -0.05) is 12.1 Å². The van der Waals surface area contributed by atoms with Gasteiger partial charge in [0.05, 0.1) is 16.8 Å². The molecule has 0 radical (unpaired) electrons. The first-order valence-corrected chi connectivity index (χ1v) is 9.27. The summed E-state index contributed by atoms with van der Waals surface area (Å²) in [5, 5.41) is 8.98. The number of esters is 1. The van der Waals surface area contributed by atoms with Crippen molar-refractivity contribution >= 4 is 27.6 Å². The van der Waals surface area contributed by atoms with E-state index >= 15 is 0 Å². The molecule has 0 saturated heterocycles. The third-order valence-corrected chi connectivity index (χ3v) is 4.64. The van der Waals surface area contributed by atoms with Gasteiger partial charge in [-0.25, -0.2) is 22.4 Å². The molecule has 0 heterocycles. The number of nitrogens with one attached hydrogen (secondary N) is 1. The van der Waals surface area contributed by atoms with E-state index in [4.69, 9.17) is 9.84 Å². The van der Waals surface area contributed by atoms with E-state index in [9.17, 15) is 22.4 Å². The molecule has 0 saturated carbocycles. The number of hydrogen-bond donors (Lipinski definition) is 2. The lowest BCUT2D eigenvalue weighted by Crippen LogP contribution is -2.25. The molecule has 2 rings (SSSR count). The number of aromatic carboxylic acids is 1. The number of carbonyl (C=O) groups excluding carboxylic acids is 1. The average molecular weight is 395 g/mol. The van der Waals surface area contributed by atoms with Gasteiger partial charge in [-0.2, -0.15) is 0 Å². The van der Waals surface area contributed by atoms with Crippen molar-refractivity contribution in [2.24, 2.45) is 0 Å². The fraction of sp³-hybridized carbons (Fsp3) is 0.222. The van der Waals surface area contributed by atoms with Crippen molar-refractivity contribution in [2.45, 2.75) is 31.3 Å². The van der Waals surface area contributed by atoms with E-state index in [1.54, 1.807) is 20.8 Å². The van der Waals surface area contributed by atoms with Crippen LogP contribution in [0, 0.1) is 5.82 Å². The maximum atomic E-state index is 14.0. The van der Waals surface area contributed by atoms with Gasteiger partial charge in [0.1, 0.15) is 16.3 Å². The number of rotatable bonds is 5. The normalized spacial score (nSPS) is 11.7. The smallest absolute Gasteiger partial charge is 0.340 e. The van der Waals surface area contributed by atoms with Crippen LogP contribution in [-0.2, 0) is 14.8 Å². The highest BCUT2D eigenvalue weighted by atomic mass is 32.2. The van der Waals surface area contributed by atoms with Gasteiger partial charge in [0, 0.05) is 0 Å². The van der Waals surface area contributed by atoms with E-state index in [1.165, 1.54) is 24.3 Å². The second kappa shape index (κ2) is 7.36. The van der Waals surface area contributed by atoms with Crippen LogP contribution >= 0.6 is 0 Å². The van der Waals surface area contributed by atoms with Crippen molar-refractivity contribution in [2.75, 3.05) is 4.72 Å². The minimum Gasteiger partial charge on any atom is -0.478 e. The van der Waals surface area contributed by atoms with Crippen LogP contribution in [-0.4, -0.2) is 31.1 Å². The lowest BCUT2D eigenvalue weighted by molar-refractivity contribution is 0.00706. The zero-order valence-corrected chi connectivity index (χ0v) is 15.6. The molecular formula is C18H18FNO6S. The molecule has 0 aliphatic carbocycles. The van der Waals surface area contributed by atoms with Gasteiger partial charge < -0.3 is 9.84 Å². The molecule has 0 amide bonds. The Morgan fingerprint density at radius 2 is 1.74 bits per heavy atom. The summed E-state index contributed by atoms with van der Waals surface area (Å²) in [6, 6.07) is 8.07. The third kappa shape index (κ3) is 5.04. The molecule has 27 heavy (non-hydrogen) atoms. The number of carbonyl (C=O) groups is 2. The van der Waals surface area contributed by atoms with Crippen molar-refractivity contribution in [1.82, 2.24) is 0 Å². The monoisotopic (exact) mass is 395 g/mol. The number of sulfonamides is 1. The number of hydrogen-bond acceptors (Lipinski definition) is 5. The highest BCUT2D eigenvalue weighted by Crippen LogP contribution is 2.24. The van der Waals surface area contributed by atoms with E-state index < -0.39 is 43.8 Å². The molecular weight excluding hydrogens is 377 g/mol. The largest absolute Gasteiger partial charge is 0.478 e. The Kier molecular flexibility index (Phi) is 5.55. The third-order valence-electron chi connectivity index (χ3n) is 3.26. The lowest BCUT2D eigenvalue weighted by Gasteiger charge is -2.20. The zero-order valence-electron chi connectivity index (χ0n) is 14.8. The first kappa shape index (κ1) is 20.4. The quantitative estimate of drug-likeness (QED) is 0.752. The van der Waals surface area contributed by atoms with Crippen molar-refractivity contribution in [3.63, 3.8) is 0 Å². The van der Waals surface area contributed by atoms with E-state index in [0.717, 1.165) is 12.1 Å². The molecule has 0 unspecified atom stereocenters. The van der Waals surface area contributed by atoms with Crippen molar-refractivity contribution in [3.8, 4) is 0 Å². The molecule has 144 valence electrons. The van der Waals surface area contributed by atoms with Crippen LogP contribution in [0.2, 0.25) is 0 Å². The van der Waals surface area contributed by atoms with Crippen LogP contribution in [0.3, 0.4) is 0 Å². The summed E-state index contributed by atoms with van der Waals surface area (Å²) in [4.78, 5) is 22.5. The highest BCUT2D eigenvalue weighted by Gasteiger charge is 2.25. The van der Waals surface area contributed by atoms with Gasteiger partial charge in [-0.05, 0) is 51.1 Å². The van der Waals surface area contributed by atoms with E-state index in [-0.39, 0.29) is 11.3 Å². The lowest BCUT2D eigenvalue weighted by atomic mass is 10.1. The number of para-hydroxylation sites is 1. The van der Waals surface area contributed by atoms with Crippen molar-refractivity contribution in [3.05, 3.63) is 59.4 Å². The second-order valence-electron chi connectivity index (χ2n) is 6.60. The van der Waals surface area contributed by atoms with Crippen molar-refractivity contribution in [1.29, 1.82) is 0 Å². The van der Waals surface area contributed by atoms with Gasteiger partial charge >= 0.3 is 11.9 Å². The van der Waals surface area contributed by atoms with Crippen molar-refractivity contribution < 1.29 is 32.2 Å². The first-order chi connectivity index (χ1) is 12.4. The maximum Gasteiger partial charge on any atom is 0.340 e. The Balaban J connectivity index is 2.44. The fourth-order valence-corrected chi connectivity index (χ4v) is 3.31. The second-order valence-corrected chi connectivity index (χ2v) is 8.25. The molecule has 0 fully saturated rings. The molecule has 0 spiro atoms. The molecule has 0 bridgehead atoms. The van der Waals surface area contributed by atoms with E-state index in [2.05, 4.69) is 4.72 Å². The van der Waals surface area contributed by atoms with Crippen LogP contribution in [0.5, 0.6) is 0 Å². The van der Waals surface area contributed by atoms with Crippen LogP contribution in [0.1, 0.15) is 41.5 Å². The van der Waals surface area contributed by atoms with Gasteiger partial charge in [-0.15, -0.1) is 0 Å². The summed E-state index contributed by atoms with van der Waals surface area (Å²) >= 11 is 0. The van der Waals surface area contributed by atoms with Gasteiger partial charge in [0.15, 0.2) is 0 Å². The Bertz CT molecular complexity index is 995. The van der Waals surface area contributed by atoms with Crippen LogP contribution in [0.15, 0.2) is 47.4 Å². The standard InChI is InChI=1S/C18H18FNO6S/c1-18(2,3)26-17(23)12-6-4-5-7-14(12)20-27(24,25)15-10-11(16(21)22)8-9-13(15)19/h4-10,20H,1-3H3,(H,21,22). The molecule has 2 aromatic carbocycles. The number of anilines is 1. The summed E-state index contributed by atoms with van der Waals surface area (Å²) in [7, 11) is -4.50. The van der Waals surface area contributed by atoms with Crippen LogP contribution < -0.4 is 4.72 Å². The highest BCUT2D eigenvalue weighted by molar-refractivity contribution is 7.92. The predicted octanol–water partition coefficient (Wildman–Crippen LogP) is 3.28. The molecule has 0 aliphatic rings. The zero-order chi connectivity index (χ0) is 20.4. The SMILES string of the molecule is CC(C)(C)OC(=O)c1ccccc1NS(=O)(=O)c1cc(C(=O)O)ccc1F. The molecule has 0 aromatic heterocycles. The molecule has 2 N–H and O–H groups in total.